The third-order valence-corrected chi connectivity index (χ3v) is 2.15. The molecule has 0 aliphatic rings. The van der Waals surface area contributed by atoms with Gasteiger partial charge < -0.3 is 14.6 Å². The molecule has 70 valence electrons. The van der Waals surface area contributed by atoms with Gasteiger partial charge >= 0.3 is 0 Å². The maximum Gasteiger partial charge on any atom is 0.121 e. The van der Waals surface area contributed by atoms with Crippen LogP contribution >= 0.6 is 15.9 Å². The normalized spacial score (nSPS) is 12.5. The van der Waals surface area contributed by atoms with Crippen LogP contribution in [0.5, 0.6) is 0 Å². The molecule has 1 rings (SSSR count). The fourth-order valence-electron chi connectivity index (χ4n) is 1.01. The third-order valence-electron chi connectivity index (χ3n) is 1.62. The van der Waals surface area contributed by atoms with Gasteiger partial charge in [0, 0.05) is 11.6 Å². The summed E-state index contributed by atoms with van der Waals surface area (Å²) in [5.74, 6) is -1.23. The van der Waals surface area contributed by atoms with Crippen molar-refractivity contribution in [3.8, 4) is 0 Å². The van der Waals surface area contributed by atoms with Crippen molar-refractivity contribution in [3.05, 3.63) is 34.3 Å². The average molecular weight is 244 g/mol. The molecule has 0 saturated heterocycles. The number of carboxylic acids is 1. The van der Waals surface area contributed by atoms with Crippen molar-refractivity contribution < 1.29 is 14.6 Å². The minimum absolute atomic E-state index is 0.575. The van der Waals surface area contributed by atoms with Crippen molar-refractivity contribution in [2.75, 3.05) is 7.11 Å². The SMILES string of the molecule is CO[C@@H](C(=O)[O-])c1ccc(Br)cc1. The van der Waals surface area contributed by atoms with E-state index >= 15 is 0 Å². The molecule has 4 heteroatoms. The summed E-state index contributed by atoms with van der Waals surface area (Å²) in [6.45, 7) is 0. The predicted octanol–water partition coefficient (Wildman–Crippen LogP) is 0.886. The van der Waals surface area contributed by atoms with Gasteiger partial charge in [0.1, 0.15) is 6.10 Å². The number of rotatable bonds is 3. The highest BCUT2D eigenvalue weighted by molar-refractivity contribution is 9.10. The summed E-state index contributed by atoms with van der Waals surface area (Å²) in [6, 6.07) is 6.86. The highest BCUT2D eigenvalue weighted by Crippen LogP contribution is 2.18. The molecule has 1 atom stereocenters. The summed E-state index contributed by atoms with van der Waals surface area (Å²) in [6.07, 6.45) is -0.992. The number of ether oxygens (including phenoxy) is 1. The van der Waals surface area contributed by atoms with Crippen molar-refractivity contribution in [1.29, 1.82) is 0 Å². The first-order chi connectivity index (χ1) is 6.15. The highest BCUT2D eigenvalue weighted by Gasteiger charge is 2.10. The Morgan fingerprint density at radius 3 is 2.38 bits per heavy atom. The molecule has 3 nitrogen and oxygen atoms in total. The predicted molar refractivity (Wildman–Crippen MR) is 48.9 cm³/mol. The number of aliphatic carboxylic acids is 1. The fraction of sp³-hybridized carbons (Fsp3) is 0.222. The highest BCUT2D eigenvalue weighted by atomic mass is 79.9. The summed E-state index contributed by atoms with van der Waals surface area (Å²) in [4.78, 5) is 10.6. The van der Waals surface area contributed by atoms with E-state index in [9.17, 15) is 9.90 Å². The zero-order chi connectivity index (χ0) is 9.84. The molecule has 0 amide bonds. The van der Waals surface area contributed by atoms with Crippen molar-refractivity contribution in [3.63, 3.8) is 0 Å². The number of benzene rings is 1. The Labute approximate surface area is 84.5 Å². The molecule has 0 radical (unpaired) electrons. The molecule has 0 N–H and O–H groups in total. The number of hydrogen-bond acceptors (Lipinski definition) is 3. The molecule has 0 bridgehead atoms. The summed E-state index contributed by atoms with van der Waals surface area (Å²) in [5.41, 5.74) is 0.575. The van der Waals surface area contributed by atoms with E-state index in [0.29, 0.717) is 5.56 Å². The fourth-order valence-corrected chi connectivity index (χ4v) is 1.27. The molecule has 1 aromatic rings. The van der Waals surface area contributed by atoms with Gasteiger partial charge in [0.25, 0.3) is 0 Å². The van der Waals surface area contributed by atoms with Crippen LogP contribution in [0.2, 0.25) is 0 Å². The first-order valence-corrected chi connectivity index (χ1v) is 4.43. The first-order valence-electron chi connectivity index (χ1n) is 3.64. The Balaban J connectivity index is 2.92. The summed E-state index contributed by atoms with van der Waals surface area (Å²) in [7, 11) is 1.34. The van der Waals surface area contributed by atoms with E-state index in [4.69, 9.17) is 4.74 Å². The van der Waals surface area contributed by atoms with Gasteiger partial charge in [0.2, 0.25) is 0 Å². The van der Waals surface area contributed by atoms with Gasteiger partial charge in [0.15, 0.2) is 0 Å². The van der Waals surface area contributed by atoms with Crippen LogP contribution in [0.1, 0.15) is 11.7 Å². The lowest BCUT2D eigenvalue weighted by molar-refractivity contribution is -0.316. The molecule has 0 saturated carbocycles. The number of carbonyl (C=O) groups excluding carboxylic acids is 1. The van der Waals surface area contributed by atoms with Crippen molar-refractivity contribution in [2.45, 2.75) is 6.10 Å². The van der Waals surface area contributed by atoms with Crippen LogP contribution in [0.25, 0.3) is 0 Å². The molecule has 0 heterocycles. The van der Waals surface area contributed by atoms with Gasteiger partial charge in [-0.25, -0.2) is 0 Å². The lowest BCUT2D eigenvalue weighted by Crippen LogP contribution is -2.30. The Morgan fingerprint density at radius 1 is 1.46 bits per heavy atom. The van der Waals surface area contributed by atoms with Crippen LogP contribution in [0.4, 0.5) is 0 Å². The van der Waals surface area contributed by atoms with Crippen LogP contribution in [0.15, 0.2) is 28.7 Å². The Bertz CT molecular complexity index is 294. The smallest absolute Gasteiger partial charge is 0.121 e. The summed E-state index contributed by atoms with van der Waals surface area (Å²) >= 11 is 3.25. The van der Waals surface area contributed by atoms with Crippen LogP contribution in [0.3, 0.4) is 0 Å². The Kier molecular flexibility index (Phi) is 3.45. The van der Waals surface area contributed by atoms with E-state index in [2.05, 4.69) is 15.9 Å². The molecule has 0 aliphatic carbocycles. The van der Waals surface area contributed by atoms with Gasteiger partial charge in [0.05, 0.1) is 5.97 Å². The molecule has 0 unspecified atom stereocenters. The molecule has 13 heavy (non-hydrogen) atoms. The number of methoxy groups -OCH3 is 1. The number of carboxylic acid groups (broad SMARTS) is 1. The van der Waals surface area contributed by atoms with Crippen molar-refractivity contribution in [1.82, 2.24) is 0 Å². The van der Waals surface area contributed by atoms with E-state index < -0.39 is 12.1 Å². The summed E-state index contributed by atoms with van der Waals surface area (Å²) in [5, 5.41) is 10.6. The second-order valence-corrected chi connectivity index (χ2v) is 3.40. The van der Waals surface area contributed by atoms with Gasteiger partial charge in [-0.3, -0.25) is 0 Å². The molecule has 1 aromatic carbocycles. The Morgan fingerprint density at radius 2 is 2.00 bits per heavy atom. The molecule has 0 aromatic heterocycles. The quantitative estimate of drug-likeness (QED) is 0.793. The lowest BCUT2D eigenvalue weighted by Gasteiger charge is -2.16. The average Bonchev–Trinajstić information content (AvgIpc) is 2.09. The Hall–Kier alpha value is -0.870. The van der Waals surface area contributed by atoms with Gasteiger partial charge in [-0.15, -0.1) is 0 Å². The second-order valence-electron chi connectivity index (χ2n) is 2.49. The van der Waals surface area contributed by atoms with Crippen molar-refractivity contribution in [2.24, 2.45) is 0 Å². The van der Waals surface area contributed by atoms with E-state index in [-0.39, 0.29) is 0 Å². The lowest BCUT2D eigenvalue weighted by atomic mass is 10.1. The van der Waals surface area contributed by atoms with Gasteiger partial charge in [-0.05, 0) is 17.7 Å². The summed E-state index contributed by atoms with van der Waals surface area (Å²) < 4.78 is 5.65. The molecule has 0 aliphatic heterocycles. The minimum Gasteiger partial charge on any atom is -0.547 e. The molecular weight excluding hydrogens is 236 g/mol. The van der Waals surface area contributed by atoms with Crippen molar-refractivity contribution >= 4 is 21.9 Å². The van der Waals surface area contributed by atoms with Crippen LogP contribution < -0.4 is 5.11 Å². The van der Waals surface area contributed by atoms with Gasteiger partial charge in [-0.1, -0.05) is 28.1 Å². The number of hydrogen-bond donors (Lipinski definition) is 0. The monoisotopic (exact) mass is 243 g/mol. The van der Waals surface area contributed by atoms with E-state index in [0.717, 1.165) is 4.47 Å². The molecular formula is C9H8BrO3-. The minimum atomic E-state index is -1.23. The largest absolute Gasteiger partial charge is 0.547 e. The second kappa shape index (κ2) is 4.39. The number of carbonyl (C=O) groups is 1. The van der Waals surface area contributed by atoms with E-state index in [1.807, 2.05) is 0 Å². The first kappa shape index (κ1) is 10.2. The molecule has 0 spiro atoms. The van der Waals surface area contributed by atoms with E-state index in [1.54, 1.807) is 24.3 Å². The maximum absolute atomic E-state index is 10.6. The maximum atomic E-state index is 10.6. The third kappa shape index (κ3) is 2.54. The van der Waals surface area contributed by atoms with Crippen LogP contribution in [-0.4, -0.2) is 13.1 Å². The number of halogens is 1. The molecule has 0 fully saturated rings. The van der Waals surface area contributed by atoms with E-state index in [1.165, 1.54) is 7.11 Å². The van der Waals surface area contributed by atoms with Gasteiger partial charge in [-0.2, -0.15) is 0 Å². The zero-order valence-corrected chi connectivity index (χ0v) is 8.58. The van der Waals surface area contributed by atoms with Crippen LogP contribution in [0, 0.1) is 0 Å². The topological polar surface area (TPSA) is 49.4 Å². The zero-order valence-electron chi connectivity index (χ0n) is 6.99. The van der Waals surface area contributed by atoms with Crippen LogP contribution in [-0.2, 0) is 9.53 Å². The standard InChI is InChI=1S/C9H9BrO3/c1-13-8(9(11)12)6-2-4-7(10)5-3-6/h2-5,8H,1H3,(H,11,12)/p-1/t8-/m1/s1.